The minimum absolute atomic E-state index is 0.0540. The van der Waals surface area contributed by atoms with E-state index in [1.807, 2.05) is 6.07 Å². The molecule has 1 heterocycles. The van der Waals surface area contributed by atoms with Crippen molar-refractivity contribution in [2.45, 2.75) is 30.8 Å². The monoisotopic (exact) mass is 327 g/mol. The maximum absolute atomic E-state index is 12.9. The molecule has 1 aromatic carbocycles. The molecular weight excluding hydrogens is 315 g/mol. The Kier molecular flexibility index (Phi) is 4.20. The van der Waals surface area contributed by atoms with Crippen LogP contribution in [-0.4, -0.2) is 22.0 Å². The summed E-state index contributed by atoms with van der Waals surface area (Å²) < 4.78 is 36.3. The molecule has 4 nitrogen and oxygen atoms in total. The van der Waals surface area contributed by atoms with E-state index in [-0.39, 0.29) is 11.2 Å². The van der Waals surface area contributed by atoms with Gasteiger partial charge in [-0.15, -0.1) is 0 Å². The second-order valence-corrected chi connectivity index (χ2v) is 6.36. The summed E-state index contributed by atoms with van der Waals surface area (Å²) in [4.78, 5) is 15.0. The molecule has 0 bridgehead atoms. The van der Waals surface area contributed by atoms with Gasteiger partial charge in [-0.25, -0.2) is 0 Å². The van der Waals surface area contributed by atoms with E-state index < -0.39 is 16.8 Å². The average molecular weight is 327 g/mol. The zero-order valence-corrected chi connectivity index (χ0v) is 12.5. The van der Waals surface area contributed by atoms with E-state index in [1.165, 1.54) is 0 Å². The van der Waals surface area contributed by atoms with Gasteiger partial charge in [-0.3, -0.25) is 4.79 Å². The van der Waals surface area contributed by atoms with Gasteiger partial charge >= 0.3 is 6.18 Å². The Morgan fingerprint density at radius 3 is 2.41 bits per heavy atom. The summed E-state index contributed by atoms with van der Waals surface area (Å²) in [5.41, 5.74) is 1.26. The van der Waals surface area contributed by atoms with E-state index >= 15 is 0 Å². The van der Waals surface area contributed by atoms with Crippen molar-refractivity contribution < 1.29 is 18.0 Å². The van der Waals surface area contributed by atoms with Crippen molar-refractivity contribution in [3.8, 4) is 6.07 Å². The molecule has 0 radical (unpaired) electrons. The van der Waals surface area contributed by atoms with Crippen LogP contribution in [0.25, 0.3) is 0 Å². The van der Waals surface area contributed by atoms with Crippen LogP contribution in [0.1, 0.15) is 31.0 Å². The number of hydrogen-bond acceptors (Lipinski definition) is 4. The van der Waals surface area contributed by atoms with Crippen LogP contribution in [0.15, 0.2) is 29.3 Å². The average Bonchev–Trinajstić information content (AvgIpc) is 2.74. The summed E-state index contributed by atoms with van der Waals surface area (Å²) >= 11 is 0.371. The predicted octanol–water partition coefficient (Wildman–Crippen LogP) is 3.16. The standard InChI is InChI=1S/C14H12F3N3OS/c1-8(10-5-3-9(7-18)4-6-10)19-12-20-11(21)13(2,22-12)14(15,16)17/h3-6,8H,1-2H3,(H,19,20,21)/t8-,13?/m0/s1. The van der Waals surface area contributed by atoms with Gasteiger partial charge in [0.1, 0.15) is 0 Å². The van der Waals surface area contributed by atoms with E-state index in [2.05, 4.69) is 10.3 Å². The van der Waals surface area contributed by atoms with Gasteiger partial charge < -0.3 is 5.32 Å². The molecule has 1 N–H and O–H groups in total. The fraction of sp³-hybridized carbons (Fsp3) is 0.357. The number of rotatable bonds is 2. The van der Waals surface area contributed by atoms with Gasteiger partial charge in [0.25, 0.3) is 5.91 Å². The highest BCUT2D eigenvalue weighted by molar-refractivity contribution is 8.16. The Hall–Kier alpha value is -2.01. The molecule has 22 heavy (non-hydrogen) atoms. The third-order valence-corrected chi connectivity index (χ3v) is 4.55. The van der Waals surface area contributed by atoms with Crippen LogP contribution in [0.3, 0.4) is 0 Å². The van der Waals surface area contributed by atoms with Crippen LogP contribution in [0.5, 0.6) is 0 Å². The predicted molar refractivity (Wildman–Crippen MR) is 77.2 cm³/mol. The first kappa shape index (κ1) is 16.4. The molecular formula is C14H12F3N3OS. The lowest BCUT2D eigenvalue weighted by Gasteiger charge is -2.23. The number of nitrogens with zero attached hydrogens (tertiary/aromatic N) is 2. The largest absolute Gasteiger partial charge is 0.412 e. The molecule has 0 saturated carbocycles. The third kappa shape index (κ3) is 2.95. The maximum atomic E-state index is 12.9. The Morgan fingerprint density at radius 2 is 1.95 bits per heavy atom. The van der Waals surface area contributed by atoms with Gasteiger partial charge in [0.2, 0.25) is 0 Å². The highest BCUT2D eigenvalue weighted by Crippen LogP contribution is 2.46. The van der Waals surface area contributed by atoms with Crippen molar-refractivity contribution in [1.82, 2.24) is 5.32 Å². The third-order valence-electron chi connectivity index (χ3n) is 3.33. The number of carbonyl (C=O) groups excluding carboxylic acids is 1. The molecule has 1 unspecified atom stereocenters. The van der Waals surface area contributed by atoms with Crippen LogP contribution in [-0.2, 0) is 4.79 Å². The molecule has 1 aliphatic rings. The number of alkyl halides is 3. The molecule has 2 rings (SSSR count). The van der Waals surface area contributed by atoms with Crippen LogP contribution in [0, 0.1) is 11.3 Å². The topological polar surface area (TPSA) is 65.2 Å². The Balaban J connectivity index is 2.10. The number of amides is 1. The lowest BCUT2D eigenvalue weighted by Crippen LogP contribution is -2.44. The maximum Gasteiger partial charge on any atom is 0.412 e. The van der Waals surface area contributed by atoms with Gasteiger partial charge in [-0.05, 0) is 31.5 Å². The Bertz CT molecular complexity index is 663. The highest BCUT2D eigenvalue weighted by atomic mass is 32.2. The summed E-state index contributed by atoms with van der Waals surface area (Å²) in [6, 6.07) is 8.25. The van der Waals surface area contributed by atoms with E-state index in [0.29, 0.717) is 17.3 Å². The summed E-state index contributed by atoms with van der Waals surface area (Å²) in [7, 11) is 0. The number of benzene rings is 1. The minimum atomic E-state index is -4.67. The van der Waals surface area contributed by atoms with Gasteiger partial charge in [0.05, 0.1) is 17.7 Å². The van der Waals surface area contributed by atoms with Gasteiger partial charge in [0, 0.05) is 0 Å². The van der Waals surface area contributed by atoms with Crippen LogP contribution < -0.4 is 5.32 Å². The van der Waals surface area contributed by atoms with Gasteiger partial charge in [0.15, 0.2) is 9.91 Å². The molecule has 1 aliphatic heterocycles. The fourth-order valence-electron chi connectivity index (χ4n) is 1.81. The molecule has 8 heteroatoms. The lowest BCUT2D eigenvalue weighted by molar-refractivity contribution is -0.165. The minimum Gasteiger partial charge on any atom is -0.358 e. The Morgan fingerprint density at radius 1 is 1.36 bits per heavy atom. The van der Waals surface area contributed by atoms with Crippen molar-refractivity contribution >= 4 is 22.8 Å². The molecule has 1 aromatic rings. The SMILES string of the molecule is C[C@H](NC1=NC(=O)C(C)(C(F)(F)F)S1)c1ccc(C#N)cc1. The quantitative estimate of drug-likeness (QED) is 0.906. The zero-order chi connectivity index (χ0) is 16.5. The van der Waals surface area contributed by atoms with Crippen molar-refractivity contribution in [2.24, 2.45) is 4.99 Å². The number of hydrogen-bond donors (Lipinski definition) is 1. The molecule has 0 fully saturated rings. The van der Waals surface area contributed by atoms with E-state index in [0.717, 1.165) is 12.5 Å². The second-order valence-electron chi connectivity index (χ2n) is 4.96. The summed E-state index contributed by atoms with van der Waals surface area (Å²) in [6.07, 6.45) is -4.67. The molecule has 116 valence electrons. The first-order valence-corrected chi connectivity index (χ1v) is 7.14. The van der Waals surface area contributed by atoms with Crippen molar-refractivity contribution in [2.75, 3.05) is 0 Å². The Labute approximate surface area is 129 Å². The lowest BCUT2D eigenvalue weighted by atomic mass is 10.1. The van der Waals surface area contributed by atoms with Crippen LogP contribution in [0.2, 0.25) is 0 Å². The molecule has 0 aromatic heterocycles. The number of amidine groups is 1. The number of halogens is 3. The van der Waals surface area contributed by atoms with Crippen LogP contribution in [0.4, 0.5) is 13.2 Å². The number of nitriles is 1. The number of thioether (sulfide) groups is 1. The summed E-state index contributed by atoms with van der Waals surface area (Å²) in [6.45, 7) is 2.56. The molecule has 0 spiro atoms. The van der Waals surface area contributed by atoms with Crippen molar-refractivity contribution in [1.29, 1.82) is 5.26 Å². The van der Waals surface area contributed by atoms with Gasteiger partial charge in [-0.1, -0.05) is 23.9 Å². The first-order valence-electron chi connectivity index (χ1n) is 6.33. The molecule has 0 aliphatic carbocycles. The molecule has 2 atom stereocenters. The van der Waals surface area contributed by atoms with E-state index in [1.54, 1.807) is 31.2 Å². The number of nitrogens with one attached hydrogen (secondary N) is 1. The van der Waals surface area contributed by atoms with E-state index in [4.69, 9.17) is 5.26 Å². The zero-order valence-electron chi connectivity index (χ0n) is 11.7. The summed E-state index contributed by atoms with van der Waals surface area (Å²) in [5, 5.41) is 11.5. The molecule has 1 amide bonds. The van der Waals surface area contributed by atoms with E-state index in [9.17, 15) is 18.0 Å². The van der Waals surface area contributed by atoms with Crippen molar-refractivity contribution in [3.63, 3.8) is 0 Å². The smallest absolute Gasteiger partial charge is 0.358 e. The first-order chi connectivity index (χ1) is 10.2. The molecule has 0 saturated heterocycles. The van der Waals surface area contributed by atoms with Gasteiger partial charge in [-0.2, -0.15) is 23.4 Å². The second kappa shape index (κ2) is 5.65. The summed E-state index contributed by atoms with van der Waals surface area (Å²) in [5.74, 6) is -1.21. The normalized spacial score (nSPS) is 22.9. The number of carbonyl (C=O) groups is 1. The van der Waals surface area contributed by atoms with Crippen LogP contribution >= 0.6 is 11.8 Å². The van der Waals surface area contributed by atoms with Crippen molar-refractivity contribution in [3.05, 3.63) is 35.4 Å². The fourth-order valence-corrected chi connectivity index (χ4v) is 2.81. The highest BCUT2D eigenvalue weighted by Gasteiger charge is 2.61. The number of aliphatic imine (C=N–C) groups is 1.